The predicted octanol–water partition coefficient (Wildman–Crippen LogP) is 3.24. The highest BCUT2D eigenvalue weighted by molar-refractivity contribution is 9.10. The Hall–Kier alpha value is -1.81. The van der Waals surface area contributed by atoms with Crippen LogP contribution in [0.3, 0.4) is 0 Å². The zero-order valence-electron chi connectivity index (χ0n) is 15.0. The average molecular weight is 470 g/mol. The number of rotatable bonds is 4. The van der Waals surface area contributed by atoms with Crippen LogP contribution in [0.5, 0.6) is 0 Å². The Bertz CT molecular complexity index is 935. The number of thiocarbonyl (C=S) groups is 1. The molecule has 2 aromatic carbocycles. The second-order valence-electron chi connectivity index (χ2n) is 6.80. The maximum atomic E-state index is 12.2. The number of amides is 1. The van der Waals surface area contributed by atoms with Crippen LogP contribution < -0.4 is 15.6 Å². The van der Waals surface area contributed by atoms with E-state index >= 15 is 0 Å². The molecular formula is C18H20BrN3O3S2. The summed E-state index contributed by atoms with van der Waals surface area (Å²) in [6.07, 6.45) is 0. The van der Waals surface area contributed by atoms with Crippen molar-refractivity contribution in [2.75, 3.05) is 0 Å². The average Bonchev–Trinajstić information content (AvgIpc) is 2.60. The molecule has 6 nitrogen and oxygen atoms in total. The van der Waals surface area contributed by atoms with Gasteiger partial charge in [-0.3, -0.25) is 15.5 Å². The van der Waals surface area contributed by atoms with Crippen molar-refractivity contribution in [1.29, 1.82) is 0 Å². The van der Waals surface area contributed by atoms with Crippen molar-refractivity contribution < 1.29 is 13.2 Å². The van der Waals surface area contributed by atoms with Crippen molar-refractivity contribution in [3.8, 4) is 0 Å². The summed E-state index contributed by atoms with van der Waals surface area (Å²) in [6, 6.07) is 13.2. The molecule has 0 saturated carbocycles. The molecule has 0 aromatic heterocycles. The molecule has 0 spiro atoms. The molecule has 9 heteroatoms. The first kappa shape index (κ1) is 21.5. The molecule has 27 heavy (non-hydrogen) atoms. The molecule has 2 aromatic rings. The third-order valence-electron chi connectivity index (χ3n) is 3.66. The highest BCUT2D eigenvalue weighted by Crippen LogP contribution is 2.22. The van der Waals surface area contributed by atoms with Crippen molar-refractivity contribution in [2.45, 2.75) is 31.1 Å². The van der Waals surface area contributed by atoms with Gasteiger partial charge in [-0.1, -0.05) is 48.8 Å². The summed E-state index contributed by atoms with van der Waals surface area (Å²) >= 11 is 8.22. The van der Waals surface area contributed by atoms with E-state index in [-0.39, 0.29) is 15.4 Å². The lowest BCUT2D eigenvalue weighted by Crippen LogP contribution is -2.48. The van der Waals surface area contributed by atoms with Crippen LogP contribution >= 0.6 is 28.1 Å². The fourth-order valence-corrected chi connectivity index (χ4v) is 3.44. The monoisotopic (exact) mass is 469 g/mol. The molecule has 1 amide bonds. The van der Waals surface area contributed by atoms with Crippen molar-refractivity contribution >= 4 is 49.2 Å². The van der Waals surface area contributed by atoms with Crippen LogP contribution in [0, 0.1) is 0 Å². The van der Waals surface area contributed by atoms with Gasteiger partial charge in [0.05, 0.1) is 4.90 Å². The largest absolute Gasteiger partial charge is 0.298 e. The first-order chi connectivity index (χ1) is 12.5. The van der Waals surface area contributed by atoms with Gasteiger partial charge in [-0.15, -0.1) is 4.83 Å². The van der Waals surface area contributed by atoms with Crippen LogP contribution in [0.15, 0.2) is 57.9 Å². The maximum absolute atomic E-state index is 12.2. The van der Waals surface area contributed by atoms with Crippen molar-refractivity contribution in [1.82, 2.24) is 15.6 Å². The van der Waals surface area contributed by atoms with E-state index in [1.165, 1.54) is 12.1 Å². The van der Waals surface area contributed by atoms with Gasteiger partial charge < -0.3 is 0 Å². The summed E-state index contributed by atoms with van der Waals surface area (Å²) in [4.78, 5) is 14.4. The lowest BCUT2D eigenvalue weighted by Gasteiger charge is -2.19. The molecule has 0 aliphatic carbocycles. The SMILES string of the molecule is CC(C)(C)c1ccc(C(=O)NC(=S)NNS(=O)(=O)c2ccc(Br)cc2)cc1. The van der Waals surface area contributed by atoms with E-state index in [0.717, 1.165) is 10.0 Å². The highest BCUT2D eigenvalue weighted by Gasteiger charge is 2.16. The summed E-state index contributed by atoms with van der Waals surface area (Å²) in [6.45, 7) is 6.25. The van der Waals surface area contributed by atoms with Gasteiger partial charge in [0, 0.05) is 10.0 Å². The summed E-state index contributed by atoms with van der Waals surface area (Å²) in [5.41, 5.74) is 3.82. The smallest absolute Gasteiger partial charge is 0.257 e. The van der Waals surface area contributed by atoms with Crippen molar-refractivity contribution in [2.24, 2.45) is 0 Å². The van der Waals surface area contributed by atoms with Gasteiger partial charge in [0.25, 0.3) is 15.9 Å². The number of nitrogens with one attached hydrogen (secondary N) is 3. The van der Waals surface area contributed by atoms with Gasteiger partial charge in [-0.25, -0.2) is 8.42 Å². The topological polar surface area (TPSA) is 87.3 Å². The lowest BCUT2D eigenvalue weighted by atomic mass is 9.87. The molecule has 0 radical (unpaired) electrons. The van der Waals surface area contributed by atoms with Crippen LogP contribution in [-0.4, -0.2) is 19.4 Å². The normalized spacial score (nSPS) is 11.7. The van der Waals surface area contributed by atoms with Crippen LogP contribution in [0.2, 0.25) is 0 Å². The Morgan fingerprint density at radius 1 is 1.00 bits per heavy atom. The zero-order chi connectivity index (χ0) is 20.2. The highest BCUT2D eigenvalue weighted by atomic mass is 79.9. The number of carbonyl (C=O) groups is 1. The molecule has 0 aliphatic heterocycles. The molecule has 0 bridgehead atoms. The standard InChI is InChI=1S/C18H20BrN3O3S2/c1-18(2,3)13-6-4-12(5-7-13)16(23)20-17(26)21-22-27(24,25)15-10-8-14(19)9-11-15/h4-11,22H,1-3H3,(H2,20,21,23,26). The first-order valence-corrected chi connectivity index (χ1v) is 10.7. The quantitative estimate of drug-likeness (QED) is 0.472. The number of hydrogen-bond donors (Lipinski definition) is 3. The van der Waals surface area contributed by atoms with E-state index < -0.39 is 15.9 Å². The minimum absolute atomic E-state index is 0.0167. The maximum Gasteiger partial charge on any atom is 0.257 e. The Morgan fingerprint density at radius 3 is 2.07 bits per heavy atom. The van der Waals surface area contributed by atoms with E-state index in [0.29, 0.717) is 5.56 Å². The van der Waals surface area contributed by atoms with Crippen LogP contribution in [-0.2, 0) is 15.4 Å². The Labute approximate surface area is 172 Å². The molecule has 144 valence electrons. The van der Waals surface area contributed by atoms with Crippen molar-refractivity contribution in [3.63, 3.8) is 0 Å². The molecule has 0 aliphatic rings. The van der Waals surface area contributed by atoms with E-state index in [2.05, 4.69) is 52.3 Å². The molecule has 0 saturated heterocycles. The third kappa shape index (κ3) is 6.10. The van der Waals surface area contributed by atoms with Crippen LogP contribution in [0.1, 0.15) is 36.7 Å². The minimum atomic E-state index is -3.82. The Kier molecular flexibility index (Phi) is 6.74. The molecule has 0 heterocycles. The lowest BCUT2D eigenvalue weighted by molar-refractivity contribution is 0.0976. The number of carbonyl (C=O) groups excluding carboxylic acids is 1. The predicted molar refractivity (Wildman–Crippen MR) is 113 cm³/mol. The van der Waals surface area contributed by atoms with Gasteiger partial charge >= 0.3 is 0 Å². The summed E-state index contributed by atoms with van der Waals surface area (Å²) in [5.74, 6) is -0.434. The number of hydrazine groups is 1. The van der Waals surface area contributed by atoms with Gasteiger partial charge in [-0.2, -0.15) is 0 Å². The molecule has 0 atom stereocenters. The van der Waals surface area contributed by atoms with Crippen molar-refractivity contribution in [3.05, 3.63) is 64.1 Å². The van der Waals surface area contributed by atoms with E-state index in [9.17, 15) is 13.2 Å². The fraction of sp³-hybridized carbons (Fsp3) is 0.222. The first-order valence-electron chi connectivity index (χ1n) is 7.98. The molecule has 0 fully saturated rings. The van der Waals surface area contributed by atoms with E-state index in [1.807, 2.05) is 12.1 Å². The zero-order valence-corrected chi connectivity index (χ0v) is 18.3. The second kappa shape index (κ2) is 8.47. The molecule has 0 unspecified atom stereocenters. The van der Waals surface area contributed by atoms with Crippen LogP contribution in [0.4, 0.5) is 0 Å². The van der Waals surface area contributed by atoms with E-state index in [4.69, 9.17) is 12.2 Å². The second-order valence-corrected chi connectivity index (χ2v) is 9.80. The number of hydrogen-bond acceptors (Lipinski definition) is 4. The summed E-state index contributed by atoms with van der Waals surface area (Å²) < 4.78 is 25.1. The summed E-state index contributed by atoms with van der Waals surface area (Å²) in [7, 11) is -3.82. The Balaban J connectivity index is 1.95. The molecule has 3 N–H and O–H groups in total. The number of halogens is 1. The fourth-order valence-electron chi connectivity index (χ4n) is 2.11. The Morgan fingerprint density at radius 2 is 1.56 bits per heavy atom. The summed E-state index contributed by atoms with van der Waals surface area (Å²) in [5, 5.41) is 2.28. The van der Waals surface area contributed by atoms with Gasteiger partial charge in [-0.05, 0) is 59.6 Å². The van der Waals surface area contributed by atoms with Gasteiger partial charge in [0.2, 0.25) is 0 Å². The minimum Gasteiger partial charge on any atom is -0.298 e. The number of sulfonamides is 1. The van der Waals surface area contributed by atoms with Gasteiger partial charge in [0.15, 0.2) is 5.11 Å². The van der Waals surface area contributed by atoms with Crippen LogP contribution in [0.25, 0.3) is 0 Å². The van der Waals surface area contributed by atoms with E-state index in [1.54, 1.807) is 24.3 Å². The third-order valence-corrected chi connectivity index (χ3v) is 5.66. The van der Waals surface area contributed by atoms with Gasteiger partial charge in [0.1, 0.15) is 0 Å². The molecule has 2 rings (SSSR count). The molecular weight excluding hydrogens is 450 g/mol. The number of benzene rings is 2.